The second-order valence-corrected chi connectivity index (χ2v) is 3.77. The molecule has 0 unspecified atom stereocenters. The van der Waals surface area contributed by atoms with E-state index in [4.69, 9.17) is 9.47 Å². The topological polar surface area (TPSA) is 30.5 Å². The highest BCUT2D eigenvalue weighted by Crippen LogP contribution is 2.19. The highest BCUT2D eigenvalue weighted by Gasteiger charge is 2.18. The van der Waals surface area contributed by atoms with Gasteiger partial charge in [-0.1, -0.05) is 0 Å². The molecule has 1 aliphatic heterocycles. The lowest BCUT2D eigenvalue weighted by Crippen LogP contribution is -2.31. The number of hydrogen-bond acceptors (Lipinski definition) is 3. The normalized spacial score (nSPS) is 19.1. The van der Waals surface area contributed by atoms with Gasteiger partial charge in [-0.2, -0.15) is 0 Å². The molecule has 0 aromatic carbocycles. The second kappa shape index (κ2) is 7.21. The molecule has 0 radical (unpaired) electrons. The maximum atomic E-state index is 5.54. The van der Waals surface area contributed by atoms with Gasteiger partial charge in [0.1, 0.15) is 0 Å². The van der Waals surface area contributed by atoms with Crippen LogP contribution in [0.1, 0.15) is 33.1 Å². The van der Waals surface area contributed by atoms with Gasteiger partial charge in [0, 0.05) is 19.6 Å². The lowest BCUT2D eigenvalue weighted by molar-refractivity contribution is -0.147. The molecular formula is C11H23NO2. The summed E-state index contributed by atoms with van der Waals surface area (Å²) in [6.45, 7) is 7.83. The van der Waals surface area contributed by atoms with Crippen LogP contribution < -0.4 is 5.32 Å². The fraction of sp³-hybridized carbons (Fsp3) is 1.00. The Hall–Kier alpha value is -0.120. The standard InChI is InChI=1S/C11H23NO2/c1-3-13-11(14-4-2)9-10-5-7-12-8-6-10/h10-12H,3-9H2,1-2H3. The largest absolute Gasteiger partial charge is 0.353 e. The van der Waals surface area contributed by atoms with Crippen molar-refractivity contribution in [1.82, 2.24) is 5.32 Å². The number of rotatable bonds is 6. The number of piperidine rings is 1. The van der Waals surface area contributed by atoms with Crippen molar-refractivity contribution in [3.8, 4) is 0 Å². The summed E-state index contributed by atoms with van der Waals surface area (Å²) in [6.07, 6.45) is 3.60. The van der Waals surface area contributed by atoms with Crippen LogP contribution in [0.2, 0.25) is 0 Å². The van der Waals surface area contributed by atoms with Crippen molar-refractivity contribution in [3.05, 3.63) is 0 Å². The van der Waals surface area contributed by atoms with Crippen LogP contribution >= 0.6 is 0 Å². The summed E-state index contributed by atoms with van der Waals surface area (Å²) in [5.74, 6) is 0.777. The van der Waals surface area contributed by atoms with E-state index in [1.807, 2.05) is 13.8 Å². The van der Waals surface area contributed by atoms with E-state index in [9.17, 15) is 0 Å². The van der Waals surface area contributed by atoms with Crippen LogP contribution in [0.5, 0.6) is 0 Å². The Bertz CT molecular complexity index is 129. The minimum Gasteiger partial charge on any atom is -0.353 e. The summed E-state index contributed by atoms with van der Waals surface area (Å²) < 4.78 is 11.1. The molecule has 0 bridgehead atoms. The Morgan fingerprint density at radius 3 is 2.21 bits per heavy atom. The number of ether oxygens (including phenoxy) is 2. The number of nitrogens with one attached hydrogen (secondary N) is 1. The molecule has 0 spiro atoms. The molecule has 0 atom stereocenters. The van der Waals surface area contributed by atoms with E-state index in [0.29, 0.717) is 0 Å². The Morgan fingerprint density at radius 2 is 1.71 bits per heavy atom. The van der Waals surface area contributed by atoms with Crippen molar-refractivity contribution in [1.29, 1.82) is 0 Å². The smallest absolute Gasteiger partial charge is 0.157 e. The first-order chi connectivity index (χ1) is 6.86. The van der Waals surface area contributed by atoms with Gasteiger partial charge < -0.3 is 14.8 Å². The summed E-state index contributed by atoms with van der Waals surface area (Å²) >= 11 is 0. The van der Waals surface area contributed by atoms with E-state index < -0.39 is 0 Å². The van der Waals surface area contributed by atoms with Gasteiger partial charge in [-0.15, -0.1) is 0 Å². The summed E-state index contributed by atoms with van der Waals surface area (Å²) in [7, 11) is 0. The van der Waals surface area contributed by atoms with Crippen LogP contribution in [0.15, 0.2) is 0 Å². The molecule has 1 N–H and O–H groups in total. The van der Waals surface area contributed by atoms with E-state index in [-0.39, 0.29) is 6.29 Å². The minimum absolute atomic E-state index is 0.0214. The van der Waals surface area contributed by atoms with Crippen LogP contribution in [0.4, 0.5) is 0 Å². The van der Waals surface area contributed by atoms with E-state index in [1.54, 1.807) is 0 Å². The Kier molecular flexibility index (Phi) is 6.15. The van der Waals surface area contributed by atoms with Crippen LogP contribution in [0.3, 0.4) is 0 Å². The molecule has 3 nitrogen and oxygen atoms in total. The minimum atomic E-state index is 0.0214. The van der Waals surface area contributed by atoms with E-state index in [1.165, 1.54) is 12.8 Å². The van der Waals surface area contributed by atoms with Crippen LogP contribution in [0, 0.1) is 5.92 Å². The molecule has 0 aliphatic carbocycles. The molecule has 3 heteroatoms. The summed E-state index contributed by atoms with van der Waals surface area (Å²) in [5, 5.41) is 3.37. The van der Waals surface area contributed by atoms with Gasteiger partial charge in [0.15, 0.2) is 6.29 Å². The van der Waals surface area contributed by atoms with Crippen molar-refractivity contribution >= 4 is 0 Å². The van der Waals surface area contributed by atoms with E-state index in [2.05, 4.69) is 5.32 Å². The Labute approximate surface area is 87.2 Å². The zero-order valence-corrected chi connectivity index (χ0v) is 9.42. The SMILES string of the molecule is CCOC(CC1CCNCC1)OCC. The molecule has 0 saturated carbocycles. The molecule has 0 amide bonds. The van der Waals surface area contributed by atoms with E-state index in [0.717, 1.165) is 38.6 Å². The van der Waals surface area contributed by atoms with Gasteiger partial charge in [0.25, 0.3) is 0 Å². The molecule has 14 heavy (non-hydrogen) atoms. The summed E-state index contributed by atoms with van der Waals surface area (Å²) in [6, 6.07) is 0. The third-order valence-corrected chi connectivity index (χ3v) is 2.69. The maximum absolute atomic E-state index is 5.54. The molecule has 1 rings (SSSR count). The third kappa shape index (κ3) is 4.40. The third-order valence-electron chi connectivity index (χ3n) is 2.69. The average Bonchev–Trinajstić information content (AvgIpc) is 2.20. The predicted octanol–water partition coefficient (Wildman–Crippen LogP) is 1.78. The molecule has 0 aromatic rings. The first-order valence-corrected chi connectivity index (χ1v) is 5.80. The summed E-state index contributed by atoms with van der Waals surface area (Å²) in [4.78, 5) is 0. The second-order valence-electron chi connectivity index (χ2n) is 3.77. The van der Waals surface area contributed by atoms with Crippen LogP contribution in [0.25, 0.3) is 0 Å². The van der Waals surface area contributed by atoms with Crippen molar-refractivity contribution in [2.24, 2.45) is 5.92 Å². The first kappa shape index (κ1) is 12.0. The van der Waals surface area contributed by atoms with E-state index >= 15 is 0 Å². The quantitative estimate of drug-likeness (QED) is 0.664. The van der Waals surface area contributed by atoms with Gasteiger partial charge in [-0.05, 0) is 45.7 Å². The van der Waals surface area contributed by atoms with Gasteiger partial charge in [-0.3, -0.25) is 0 Å². The molecule has 1 saturated heterocycles. The Balaban J connectivity index is 2.21. The van der Waals surface area contributed by atoms with Gasteiger partial charge in [0.2, 0.25) is 0 Å². The van der Waals surface area contributed by atoms with Crippen LogP contribution in [-0.4, -0.2) is 32.6 Å². The average molecular weight is 201 g/mol. The number of hydrogen-bond donors (Lipinski definition) is 1. The summed E-state index contributed by atoms with van der Waals surface area (Å²) in [5.41, 5.74) is 0. The predicted molar refractivity (Wildman–Crippen MR) is 57.3 cm³/mol. The molecule has 1 fully saturated rings. The monoisotopic (exact) mass is 201 g/mol. The highest BCUT2D eigenvalue weighted by atomic mass is 16.7. The zero-order chi connectivity index (χ0) is 10.2. The van der Waals surface area contributed by atoms with Crippen molar-refractivity contribution in [2.45, 2.75) is 39.4 Å². The van der Waals surface area contributed by atoms with Crippen molar-refractivity contribution in [3.63, 3.8) is 0 Å². The van der Waals surface area contributed by atoms with Crippen molar-refractivity contribution in [2.75, 3.05) is 26.3 Å². The first-order valence-electron chi connectivity index (χ1n) is 5.80. The molecule has 0 aromatic heterocycles. The maximum Gasteiger partial charge on any atom is 0.157 e. The molecule has 1 aliphatic rings. The highest BCUT2D eigenvalue weighted by molar-refractivity contribution is 4.69. The van der Waals surface area contributed by atoms with Crippen LogP contribution in [-0.2, 0) is 9.47 Å². The Morgan fingerprint density at radius 1 is 1.14 bits per heavy atom. The lowest BCUT2D eigenvalue weighted by Gasteiger charge is -2.26. The molecular weight excluding hydrogens is 178 g/mol. The fourth-order valence-electron chi connectivity index (χ4n) is 1.95. The molecule has 84 valence electrons. The molecule has 1 heterocycles. The fourth-order valence-corrected chi connectivity index (χ4v) is 1.95. The van der Waals surface area contributed by atoms with Gasteiger partial charge >= 0.3 is 0 Å². The lowest BCUT2D eigenvalue weighted by atomic mass is 9.94. The van der Waals surface area contributed by atoms with Gasteiger partial charge in [-0.25, -0.2) is 0 Å². The van der Waals surface area contributed by atoms with Crippen molar-refractivity contribution < 1.29 is 9.47 Å². The van der Waals surface area contributed by atoms with Gasteiger partial charge in [0.05, 0.1) is 0 Å². The zero-order valence-electron chi connectivity index (χ0n) is 9.42.